The van der Waals surface area contributed by atoms with Crippen molar-refractivity contribution >= 4 is 5.97 Å². The van der Waals surface area contributed by atoms with Crippen LogP contribution in [0.4, 0.5) is 0 Å². The number of rotatable bonds is 5. The first-order valence-electron chi connectivity index (χ1n) is 10.8. The number of hydrogen-bond acceptors (Lipinski definition) is 5. The monoisotopic (exact) mass is 399 g/mol. The van der Waals surface area contributed by atoms with Gasteiger partial charge >= 0.3 is 5.97 Å². The molecule has 2 N–H and O–H groups in total. The molecule has 1 aromatic carbocycles. The Labute approximate surface area is 173 Å². The van der Waals surface area contributed by atoms with Crippen LogP contribution in [0.3, 0.4) is 0 Å². The molecule has 1 saturated heterocycles. The zero-order valence-electron chi connectivity index (χ0n) is 17.5. The van der Waals surface area contributed by atoms with Crippen molar-refractivity contribution in [2.75, 3.05) is 20.1 Å². The summed E-state index contributed by atoms with van der Waals surface area (Å²) in [5.74, 6) is 0.616. The minimum absolute atomic E-state index is 0.0176. The van der Waals surface area contributed by atoms with Crippen LogP contribution in [-0.4, -0.2) is 47.3 Å². The number of aliphatic hydroxyl groups excluding tert-OH is 1. The summed E-state index contributed by atoms with van der Waals surface area (Å²) >= 11 is 0. The van der Waals surface area contributed by atoms with Gasteiger partial charge in [0, 0.05) is 19.0 Å². The quantitative estimate of drug-likeness (QED) is 0.584. The van der Waals surface area contributed by atoms with Crippen LogP contribution in [-0.2, 0) is 9.53 Å². The second-order valence-corrected chi connectivity index (χ2v) is 9.74. The molecule has 5 heteroatoms. The third kappa shape index (κ3) is 3.95. The van der Waals surface area contributed by atoms with Crippen LogP contribution in [0.5, 0.6) is 5.75 Å². The summed E-state index contributed by atoms with van der Waals surface area (Å²) in [5, 5.41) is 20.2. The molecule has 0 spiro atoms. The normalized spacial score (nSPS) is 35.2. The maximum absolute atomic E-state index is 12.7. The number of ether oxygens (including phenoxy) is 1. The SMILES string of the molecule is C=C1CCC[C@]2(C)C[C@H]3OC(=O)[C@@H](CN(C)C[C@H](O)c4cccc(O)c4)[C@H]3C[C@@H]12. The first-order valence-corrected chi connectivity index (χ1v) is 10.8. The molecule has 1 aromatic rings. The van der Waals surface area contributed by atoms with Gasteiger partial charge in [-0.2, -0.15) is 0 Å². The van der Waals surface area contributed by atoms with Crippen LogP contribution < -0.4 is 0 Å². The minimum Gasteiger partial charge on any atom is -0.508 e. The Hall–Kier alpha value is -1.85. The maximum atomic E-state index is 12.7. The summed E-state index contributed by atoms with van der Waals surface area (Å²) in [6.45, 7) is 7.67. The van der Waals surface area contributed by atoms with Gasteiger partial charge in [0.25, 0.3) is 0 Å². The minimum atomic E-state index is -0.715. The Morgan fingerprint density at radius 2 is 2.21 bits per heavy atom. The molecular weight excluding hydrogens is 366 g/mol. The predicted octanol–water partition coefficient (Wildman–Crippen LogP) is 3.67. The molecule has 29 heavy (non-hydrogen) atoms. The molecule has 4 rings (SSSR count). The maximum Gasteiger partial charge on any atom is 0.310 e. The van der Waals surface area contributed by atoms with Crippen LogP contribution in [0.15, 0.2) is 36.4 Å². The highest BCUT2D eigenvalue weighted by atomic mass is 16.6. The van der Waals surface area contributed by atoms with Gasteiger partial charge < -0.3 is 19.8 Å². The van der Waals surface area contributed by atoms with E-state index < -0.39 is 6.10 Å². The zero-order chi connectivity index (χ0) is 20.8. The highest BCUT2D eigenvalue weighted by Gasteiger charge is 2.55. The molecule has 0 aromatic heterocycles. The van der Waals surface area contributed by atoms with Crippen LogP contribution in [0.2, 0.25) is 0 Å². The summed E-state index contributed by atoms with van der Waals surface area (Å²) in [5.41, 5.74) is 2.24. The van der Waals surface area contributed by atoms with Gasteiger partial charge in [0.1, 0.15) is 11.9 Å². The van der Waals surface area contributed by atoms with E-state index in [0.717, 1.165) is 19.3 Å². The molecule has 0 unspecified atom stereocenters. The number of carbonyl (C=O) groups excluding carboxylic acids is 1. The van der Waals surface area contributed by atoms with Crippen molar-refractivity contribution in [3.05, 3.63) is 42.0 Å². The molecule has 6 atom stereocenters. The third-order valence-corrected chi connectivity index (χ3v) is 7.57. The standard InChI is InChI=1S/C24H33NO4/c1-15-6-5-9-24(2)12-22-18(11-20(15)24)19(23(28)29-22)13-25(3)14-21(27)16-7-4-8-17(26)10-16/h4,7-8,10,18-22,26-27H,1,5-6,9,11-14H2,2-3H3/t18-,19+,20+,21+,22-,24-/m1/s1. The number of esters is 1. The zero-order valence-corrected chi connectivity index (χ0v) is 17.5. The molecule has 0 bridgehead atoms. The number of phenolic OH excluding ortho intramolecular Hbond substituents is 1. The topological polar surface area (TPSA) is 70.0 Å². The fourth-order valence-corrected chi connectivity index (χ4v) is 6.01. The van der Waals surface area contributed by atoms with E-state index in [1.807, 2.05) is 11.9 Å². The third-order valence-electron chi connectivity index (χ3n) is 7.57. The van der Waals surface area contributed by atoms with Gasteiger partial charge in [-0.25, -0.2) is 0 Å². The lowest BCUT2D eigenvalue weighted by Crippen LogP contribution is -2.45. The summed E-state index contributed by atoms with van der Waals surface area (Å²) in [7, 11) is 1.93. The van der Waals surface area contributed by atoms with Crippen molar-refractivity contribution in [2.24, 2.45) is 23.2 Å². The second kappa shape index (κ2) is 7.77. The molecule has 5 nitrogen and oxygen atoms in total. The van der Waals surface area contributed by atoms with Gasteiger partial charge in [0.05, 0.1) is 12.0 Å². The van der Waals surface area contributed by atoms with Gasteiger partial charge in [-0.15, -0.1) is 0 Å². The van der Waals surface area contributed by atoms with E-state index in [-0.39, 0.29) is 35.1 Å². The van der Waals surface area contributed by atoms with E-state index in [4.69, 9.17) is 4.74 Å². The van der Waals surface area contributed by atoms with E-state index in [1.54, 1.807) is 24.3 Å². The van der Waals surface area contributed by atoms with Crippen molar-refractivity contribution < 1.29 is 19.7 Å². The molecule has 3 fully saturated rings. The average Bonchev–Trinajstić information content (AvgIpc) is 2.94. The Balaban J connectivity index is 1.42. The van der Waals surface area contributed by atoms with Gasteiger partial charge in [-0.1, -0.05) is 31.2 Å². The van der Waals surface area contributed by atoms with Crippen LogP contribution in [0, 0.1) is 23.2 Å². The fourth-order valence-electron chi connectivity index (χ4n) is 6.01. The van der Waals surface area contributed by atoms with Gasteiger partial charge in [-0.05, 0) is 68.2 Å². The molecule has 0 amide bonds. The first kappa shape index (κ1) is 20.4. The number of benzene rings is 1. The number of fused-ring (bicyclic) bond motifs is 2. The Kier molecular flexibility index (Phi) is 5.47. The molecule has 3 aliphatic rings. The van der Waals surface area contributed by atoms with Gasteiger partial charge in [-0.3, -0.25) is 4.79 Å². The lowest BCUT2D eigenvalue weighted by atomic mass is 9.55. The van der Waals surface area contributed by atoms with Crippen LogP contribution >= 0.6 is 0 Å². The van der Waals surface area contributed by atoms with Gasteiger partial charge in [0.15, 0.2) is 0 Å². The van der Waals surface area contributed by atoms with Crippen molar-refractivity contribution in [2.45, 2.75) is 51.2 Å². The van der Waals surface area contributed by atoms with Crippen molar-refractivity contribution in [1.29, 1.82) is 0 Å². The number of carbonyl (C=O) groups is 1. The molecule has 1 aliphatic heterocycles. The summed E-state index contributed by atoms with van der Waals surface area (Å²) < 4.78 is 5.84. The molecule has 1 heterocycles. The lowest BCUT2D eigenvalue weighted by molar-refractivity contribution is -0.146. The molecule has 0 radical (unpaired) electrons. The van der Waals surface area contributed by atoms with Crippen molar-refractivity contribution in [1.82, 2.24) is 4.90 Å². The number of hydrogen-bond donors (Lipinski definition) is 2. The number of aliphatic hydroxyl groups is 1. The number of phenols is 1. The lowest BCUT2D eigenvalue weighted by Gasteiger charge is -2.50. The Morgan fingerprint density at radius 3 is 2.97 bits per heavy atom. The van der Waals surface area contributed by atoms with E-state index in [0.29, 0.717) is 24.6 Å². The first-order chi connectivity index (χ1) is 13.8. The number of nitrogens with zero attached hydrogens (tertiary/aromatic N) is 1. The highest BCUT2D eigenvalue weighted by molar-refractivity contribution is 5.75. The van der Waals surface area contributed by atoms with Crippen LogP contribution in [0.1, 0.15) is 50.7 Å². The Morgan fingerprint density at radius 1 is 1.41 bits per heavy atom. The van der Waals surface area contributed by atoms with Crippen molar-refractivity contribution in [3.63, 3.8) is 0 Å². The molecular formula is C24H33NO4. The summed E-state index contributed by atoms with van der Waals surface area (Å²) in [4.78, 5) is 14.7. The fraction of sp³-hybridized carbons (Fsp3) is 0.625. The van der Waals surface area contributed by atoms with E-state index in [2.05, 4.69) is 13.5 Å². The Bertz CT molecular complexity index is 793. The summed E-state index contributed by atoms with van der Waals surface area (Å²) in [6.07, 6.45) is 4.72. The number of likely N-dealkylation sites (N-methyl/N-ethyl adjacent to an activating group) is 1. The molecule has 158 valence electrons. The summed E-state index contributed by atoms with van der Waals surface area (Å²) in [6, 6.07) is 6.69. The predicted molar refractivity (Wildman–Crippen MR) is 111 cm³/mol. The molecule has 2 saturated carbocycles. The van der Waals surface area contributed by atoms with E-state index in [1.165, 1.54) is 18.4 Å². The smallest absolute Gasteiger partial charge is 0.310 e. The number of allylic oxidation sites excluding steroid dienone is 1. The number of aromatic hydroxyl groups is 1. The van der Waals surface area contributed by atoms with E-state index in [9.17, 15) is 15.0 Å². The van der Waals surface area contributed by atoms with Crippen LogP contribution in [0.25, 0.3) is 0 Å². The largest absolute Gasteiger partial charge is 0.508 e. The second-order valence-electron chi connectivity index (χ2n) is 9.74. The highest BCUT2D eigenvalue weighted by Crippen LogP contribution is 2.56. The van der Waals surface area contributed by atoms with E-state index >= 15 is 0 Å². The average molecular weight is 400 g/mol. The van der Waals surface area contributed by atoms with Gasteiger partial charge in [0.2, 0.25) is 0 Å². The van der Waals surface area contributed by atoms with Crippen molar-refractivity contribution in [3.8, 4) is 5.75 Å². The molecule has 2 aliphatic carbocycles.